The van der Waals surface area contributed by atoms with Gasteiger partial charge in [-0.05, 0) is 30.5 Å². The highest BCUT2D eigenvalue weighted by atomic mass is 35.5. The molecule has 0 N–H and O–H groups in total. The number of aromatic nitrogens is 4. The van der Waals surface area contributed by atoms with Crippen LogP contribution in [0.1, 0.15) is 24.4 Å². The molecule has 112 valence electrons. The minimum absolute atomic E-state index is 0.329. The lowest BCUT2D eigenvalue weighted by atomic mass is 10.0. The first-order valence-corrected chi connectivity index (χ1v) is 7.76. The maximum absolute atomic E-state index is 6.01. The number of halogens is 1. The maximum atomic E-state index is 6.01. The summed E-state index contributed by atoms with van der Waals surface area (Å²) in [7, 11) is 1.90. The minimum atomic E-state index is 0.329. The lowest BCUT2D eigenvalue weighted by Gasteiger charge is -2.26. The first kappa shape index (κ1) is 13.5. The van der Waals surface area contributed by atoms with Crippen LogP contribution in [-0.2, 0) is 7.05 Å². The molecule has 1 aliphatic heterocycles. The number of hydrogen-bond acceptors (Lipinski definition) is 4. The Kier molecular flexibility index (Phi) is 3.22. The molecule has 0 amide bonds. The summed E-state index contributed by atoms with van der Waals surface area (Å²) in [6.07, 6.45) is 5.74. The highest BCUT2D eigenvalue weighted by Crippen LogP contribution is 2.37. The van der Waals surface area contributed by atoms with Crippen molar-refractivity contribution in [3.63, 3.8) is 0 Å². The van der Waals surface area contributed by atoms with E-state index >= 15 is 0 Å². The molecule has 4 rings (SSSR count). The van der Waals surface area contributed by atoms with Crippen molar-refractivity contribution in [1.29, 1.82) is 0 Å². The molecule has 0 saturated carbocycles. The van der Waals surface area contributed by atoms with Crippen molar-refractivity contribution in [1.82, 2.24) is 19.7 Å². The normalized spacial score (nSPS) is 18.3. The van der Waals surface area contributed by atoms with Gasteiger partial charge in [0.1, 0.15) is 12.1 Å². The number of anilines is 1. The van der Waals surface area contributed by atoms with E-state index in [9.17, 15) is 0 Å². The van der Waals surface area contributed by atoms with E-state index in [1.165, 1.54) is 5.56 Å². The summed E-state index contributed by atoms with van der Waals surface area (Å²) < 4.78 is 1.79. The van der Waals surface area contributed by atoms with Crippen molar-refractivity contribution in [3.8, 4) is 0 Å². The van der Waals surface area contributed by atoms with Crippen molar-refractivity contribution in [3.05, 3.63) is 47.4 Å². The van der Waals surface area contributed by atoms with Gasteiger partial charge in [-0.3, -0.25) is 4.68 Å². The third-order valence-electron chi connectivity index (χ3n) is 4.29. The number of nitrogens with zero attached hydrogens (tertiary/aromatic N) is 5. The van der Waals surface area contributed by atoms with Gasteiger partial charge < -0.3 is 4.90 Å². The van der Waals surface area contributed by atoms with E-state index in [0.717, 1.165) is 41.3 Å². The second-order valence-corrected chi connectivity index (χ2v) is 6.04. The number of fused-ring (bicyclic) bond motifs is 1. The Balaban J connectivity index is 1.78. The first-order valence-electron chi connectivity index (χ1n) is 7.39. The third-order valence-corrected chi connectivity index (χ3v) is 4.54. The maximum Gasteiger partial charge on any atom is 0.163 e. The van der Waals surface area contributed by atoms with Gasteiger partial charge in [0.15, 0.2) is 5.65 Å². The zero-order valence-electron chi connectivity index (χ0n) is 12.3. The molecule has 1 atom stereocenters. The molecule has 0 unspecified atom stereocenters. The van der Waals surface area contributed by atoms with Crippen molar-refractivity contribution in [2.24, 2.45) is 7.05 Å². The SMILES string of the molecule is Cn1ncc2c(N3CCC[C@H]3c3ccc(Cl)cc3)ncnc21. The van der Waals surface area contributed by atoms with Crippen LogP contribution in [0.25, 0.3) is 11.0 Å². The Morgan fingerprint density at radius 2 is 2.00 bits per heavy atom. The molecule has 1 fully saturated rings. The van der Waals surface area contributed by atoms with Crippen LogP contribution in [0.2, 0.25) is 5.02 Å². The van der Waals surface area contributed by atoms with E-state index < -0.39 is 0 Å². The molecular weight excluding hydrogens is 298 g/mol. The second-order valence-electron chi connectivity index (χ2n) is 5.61. The van der Waals surface area contributed by atoms with Crippen LogP contribution >= 0.6 is 11.6 Å². The lowest BCUT2D eigenvalue weighted by molar-refractivity contribution is 0.713. The quantitative estimate of drug-likeness (QED) is 0.728. The fourth-order valence-corrected chi connectivity index (χ4v) is 3.36. The Morgan fingerprint density at radius 1 is 1.18 bits per heavy atom. The number of rotatable bonds is 2. The summed E-state index contributed by atoms with van der Waals surface area (Å²) in [6, 6.07) is 8.44. The van der Waals surface area contributed by atoms with Crippen LogP contribution in [-0.4, -0.2) is 26.3 Å². The van der Waals surface area contributed by atoms with Gasteiger partial charge in [-0.15, -0.1) is 0 Å². The van der Waals surface area contributed by atoms with E-state index in [1.54, 1.807) is 11.0 Å². The average Bonchev–Trinajstić information content (AvgIpc) is 3.15. The summed E-state index contributed by atoms with van der Waals surface area (Å²) in [6.45, 7) is 0.994. The topological polar surface area (TPSA) is 46.8 Å². The first-order chi connectivity index (χ1) is 10.7. The van der Waals surface area contributed by atoms with Gasteiger partial charge in [0.05, 0.1) is 17.6 Å². The zero-order valence-corrected chi connectivity index (χ0v) is 13.0. The fourth-order valence-electron chi connectivity index (χ4n) is 3.23. The van der Waals surface area contributed by atoms with Crippen LogP contribution in [0.5, 0.6) is 0 Å². The monoisotopic (exact) mass is 313 g/mol. The van der Waals surface area contributed by atoms with E-state index in [0.29, 0.717) is 6.04 Å². The van der Waals surface area contributed by atoms with E-state index in [1.807, 2.05) is 25.4 Å². The molecule has 22 heavy (non-hydrogen) atoms. The van der Waals surface area contributed by atoms with E-state index in [2.05, 4.69) is 32.1 Å². The largest absolute Gasteiger partial charge is 0.349 e. The van der Waals surface area contributed by atoms with Gasteiger partial charge in [-0.2, -0.15) is 5.10 Å². The van der Waals surface area contributed by atoms with Crippen LogP contribution in [0, 0.1) is 0 Å². The predicted octanol–water partition coefficient (Wildman–Crippen LogP) is 3.36. The molecule has 3 heterocycles. The predicted molar refractivity (Wildman–Crippen MR) is 87.1 cm³/mol. The van der Waals surface area contributed by atoms with Crippen LogP contribution in [0.4, 0.5) is 5.82 Å². The molecule has 3 aromatic rings. The number of aryl methyl sites for hydroxylation is 1. The molecule has 0 bridgehead atoms. The summed E-state index contributed by atoms with van der Waals surface area (Å²) in [4.78, 5) is 11.2. The highest BCUT2D eigenvalue weighted by molar-refractivity contribution is 6.30. The van der Waals surface area contributed by atoms with Gasteiger partial charge in [0, 0.05) is 18.6 Å². The van der Waals surface area contributed by atoms with Gasteiger partial charge in [0.25, 0.3) is 0 Å². The Labute approximate surface area is 133 Å². The van der Waals surface area contributed by atoms with Crippen LogP contribution in [0.15, 0.2) is 36.8 Å². The number of benzene rings is 1. The van der Waals surface area contributed by atoms with Crippen molar-refractivity contribution in [2.45, 2.75) is 18.9 Å². The molecular formula is C16H16ClN5. The van der Waals surface area contributed by atoms with Gasteiger partial charge >= 0.3 is 0 Å². The van der Waals surface area contributed by atoms with Crippen molar-refractivity contribution < 1.29 is 0 Å². The molecule has 0 radical (unpaired) electrons. The van der Waals surface area contributed by atoms with E-state index in [-0.39, 0.29) is 0 Å². The van der Waals surface area contributed by atoms with Gasteiger partial charge in [-0.25, -0.2) is 9.97 Å². The summed E-state index contributed by atoms with van der Waals surface area (Å²) in [5, 5.41) is 6.08. The summed E-state index contributed by atoms with van der Waals surface area (Å²) >= 11 is 6.01. The standard InChI is InChI=1S/C16H16ClN5/c1-21-15-13(9-20-21)16(19-10-18-15)22-8-2-3-14(22)11-4-6-12(17)7-5-11/h4-7,9-10,14H,2-3,8H2,1H3/t14-/m0/s1. The summed E-state index contributed by atoms with van der Waals surface area (Å²) in [5.41, 5.74) is 2.14. The van der Waals surface area contributed by atoms with Gasteiger partial charge in [-0.1, -0.05) is 23.7 Å². The zero-order chi connectivity index (χ0) is 15.1. The number of hydrogen-bond donors (Lipinski definition) is 0. The highest BCUT2D eigenvalue weighted by Gasteiger charge is 2.28. The fraction of sp³-hybridized carbons (Fsp3) is 0.312. The molecule has 1 aromatic carbocycles. The van der Waals surface area contributed by atoms with E-state index in [4.69, 9.17) is 11.6 Å². The second kappa shape index (κ2) is 5.25. The summed E-state index contributed by atoms with van der Waals surface area (Å²) in [5.74, 6) is 0.968. The molecule has 6 heteroatoms. The Morgan fingerprint density at radius 3 is 2.82 bits per heavy atom. The van der Waals surface area contributed by atoms with Crippen LogP contribution in [0.3, 0.4) is 0 Å². The van der Waals surface area contributed by atoms with Crippen LogP contribution < -0.4 is 4.90 Å². The smallest absolute Gasteiger partial charge is 0.163 e. The molecule has 5 nitrogen and oxygen atoms in total. The lowest BCUT2D eigenvalue weighted by Crippen LogP contribution is -2.23. The third kappa shape index (κ3) is 2.13. The van der Waals surface area contributed by atoms with Crippen molar-refractivity contribution in [2.75, 3.05) is 11.4 Å². The minimum Gasteiger partial charge on any atom is -0.349 e. The molecule has 1 aliphatic rings. The van der Waals surface area contributed by atoms with Crippen molar-refractivity contribution >= 4 is 28.5 Å². The molecule has 1 saturated heterocycles. The van der Waals surface area contributed by atoms with Gasteiger partial charge in [0.2, 0.25) is 0 Å². The molecule has 0 spiro atoms. The molecule has 0 aliphatic carbocycles. The Bertz CT molecular complexity index is 811. The average molecular weight is 314 g/mol. The Hall–Kier alpha value is -2.14. The molecule has 2 aromatic heterocycles.